The second-order valence-corrected chi connectivity index (χ2v) is 10.4. The van der Waals surface area contributed by atoms with E-state index in [1.165, 1.54) is 6.42 Å². The van der Waals surface area contributed by atoms with E-state index in [0.29, 0.717) is 12.6 Å². The zero-order valence-corrected chi connectivity index (χ0v) is 20.4. The molecule has 0 radical (unpaired) electrons. The molecule has 2 heterocycles. The van der Waals surface area contributed by atoms with Gasteiger partial charge in [-0.2, -0.15) is 0 Å². The number of thioether (sulfide) groups is 1. The van der Waals surface area contributed by atoms with Gasteiger partial charge in [-0.15, -0.1) is 11.8 Å². The topological polar surface area (TPSA) is 62.2 Å². The van der Waals surface area contributed by atoms with Crippen LogP contribution in [-0.2, 0) is 0 Å². The van der Waals surface area contributed by atoms with Gasteiger partial charge in [-0.05, 0) is 79.4 Å². The molecular formula is C28H31NO4S. The van der Waals surface area contributed by atoms with Gasteiger partial charge in [0.05, 0.1) is 10.1 Å². The highest BCUT2D eigenvalue weighted by atomic mass is 32.2. The van der Waals surface area contributed by atoms with Crippen molar-refractivity contribution in [3.63, 3.8) is 0 Å². The number of benzene rings is 3. The number of ether oxygens (including phenoxy) is 2. The van der Waals surface area contributed by atoms with Gasteiger partial charge in [-0.25, -0.2) is 0 Å². The van der Waals surface area contributed by atoms with Crippen LogP contribution < -0.4 is 9.47 Å². The second-order valence-electron chi connectivity index (χ2n) is 9.26. The van der Waals surface area contributed by atoms with Crippen molar-refractivity contribution in [3.05, 3.63) is 77.9 Å². The zero-order valence-electron chi connectivity index (χ0n) is 19.6. The van der Waals surface area contributed by atoms with Crippen molar-refractivity contribution >= 4 is 11.8 Å². The number of hydrogen-bond acceptors (Lipinski definition) is 6. The Morgan fingerprint density at radius 2 is 1.65 bits per heavy atom. The summed E-state index contributed by atoms with van der Waals surface area (Å²) in [5.41, 5.74) is 2.11. The molecule has 0 bridgehead atoms. The summed E-state index contributed by atoms with van der Waals surface area (Å²) in [5, 5.41) is 19.7. The highest BCUT2D eigenvalue weighted by Gasteiger charge is 2.34. The average molecular weight is 478 g/mol. The van der Waals surface area contributed by atoms with Crippen molar-refractivity contribution in [2.24, 2.45) is 5.92 Å². The molecule has 4 atom stereocenters. The normalized spacial score (nSPS) is 24.4. The molecule has 1 saturated heterocycles. The Hall–Kier alpha value is -2.83. The van der Waals surface area contributed by atoms with Gasteiger partial charge in [0.15, 0.2) is 0 Å². The number of hydrogen-bond donors (Lipinski definition) is 2. The molecule has 5 nitrogen and oxygen atoms in total. The number of phenols is 2. The molecule has 0 aromatic heterocycles. The standard InChI is InChI=1S/C28H31NO4S/c1-18-13-14-29(19(18)2)15-16-32-24-10-5-20(6-11-24)27-28(21-3-7-22(30)8-4-21)34-26-17-23(31)9-12-25(26)33-27/h3-12,17-19,27-28,30-31H,13-16H2,1-2H3/t18-,19-,27-,28+/m0/s1. The molecule has 0 amide bonds. The fourth-order valence-electron chi connectivity index (χ4n) is 4.76. The first kappa shape index (κ1) is 22.9. The lowest BCUT2D eigenvalue weighted by atomic mass is 10.00. The van der Waals surface area contributed by atoms with Crippen LogP contribution in [0.2, 0.25) is 0 Å². The van der Waals surface area contributed by atoms with Crippen LogP contribution in [0.25, 0.3) is 0 Å². The van der Waals surface area contributed by atoms with Gasteiger partial charge in [-0.3, -0.25) is 4.90 Å². The van der Waals surface area contributed by atoms with E-state index in [0.717, 1.165) is 46.5 Å². The van der Waals surface area contributed by atoms with Crippen LogP contribution in [0.5, 0.6) is 23.0 Å². The largest absolute Gasteiger partial charge is 0.508 e. The number of phenolic OH excluding ortho intramolecular Hbond substituents is 2. The minimum Gasteiger partial charge on any atom is -0.508 e. The van der Waals surface area contributed by atoms with E-state index in [2.05, 4.69) is 30.9 Å². The van der Waals surface area contributed by atoms with Gasteiger partial charge in [0.25, 0.3) is 0 Å². The van der Waals surface area contributed by atoms with E-state index in [9.17, 15) is 10.2 Å². The lowest BCUT2D eigenvalue weighted by Crippen LogP contribution is -2.33. The van der Waals surface area contributed by atoms with Crippen LogP contribution in [-0.4, -0.2) is 40.9 Å². The Morgan fingerprint density at radius 3 is 2.35 bits per heavy atom. The van der Waals surface area contributed by atoms with E-state index >= 15 is 0 Å². The van der Waals surface area contributed by atoms with E-state index in [1.807, 2.05) is 30.3 Å². The third kappa shape index (κ3) is 4.84. The number of nitrogens with zero attached hydrogens (tertiary/aromatic N) is 1. The molecule has 0 aliphatic carbocycles. The predicted molar refractivity (Wildman–Crippen MR) is 135 cm³/mol. The van der Waals surface area contributed by atoms with E-state index in [-0.39, 0.29) is 22.9 Å². The molecule has 2 aliphatic heterocycles. The maximum atomic E-state index is 9.94. The minimum absolute atomic E-state index is 0.0275. The van der Waals surface area contributed by atoms with Gasteiger partial charge in [-0.1, -0.05) is 31.2 Å². The Kier molecular flexibility index (Phi) is 6.61. The third-order valence-electron chi connectivity index (χ3n) is 7.06. The maximum Gasteiger partial charge on any atom is 0.140 e. The molecule has 2 N–H and O–H groups in total. The summed E-state index contributed by atoms with van der Waals surface area (Å²) >= 11 is 1.66. The number of rotatable bonds is 6. The Labute approximate surface area is 205 Å². The smallest absolute Gasteiger partial charge is 0.140 e. The molecule has 178 valence electrons. The monoisotopic (exact) mass is 477 g/mol. The van der Waals surface area contributed by atoms with Crippen molar-refractivity contribution in [1.29, 1.82) is 0 Å². The number of likely N-dealkylation sites (tertiary alicyclic amines) is 1. The minimum atomic E-state index is -0.215. The second kappa shape index (κ2) is 9.80. The highest BCUT2D eigenvalue weighted by molar-refractivity contribution is 7.99. The van der Waals surface area contributed by atoms with Crippen LogP contribution >= 0.6 is 11.8 Å². The molecule has 1 fully saturated rings. The molecule has 6 heteroatoms. The molecule has 3 aromatic carbocycles. The van der Waals surface area contributed by atoms with Crippen LogP contribution in [0.15, 0.2) is 71.6 Å². The van der Waals surface area contributed by atoms with Crippen molar-refractivity contribution in [3.8, 4) is 23.0 Å². The molecule has 3 aromatic rings. The third-order valence-corrected chi connectivity index (χ3v) is 8.41. The summed E-state index contributed by atoms with van der Waals surface area (Å²) in [6.45, 7) is 7.40. The fraction of sp³-hybridized carbons (Fsp3) is 0.357. The lowest BCUT2D eigenvalue weighted by molar-refractivity contribution is 0.189. The molecule has 0 spiro atoms. The lowest BCUT2D eigenvalue weighted by Gasteiger charge is -2.34. The summed E-state index contributed by atoms with van der Waals surface area (Å²) in [6, 6.07) is 21.2. The number of aromatic hydroxyl groups is 2. The first-order valence-electron chi connectivity index (χ1n) is 11.9. The van der Waals surface area contributed by atoms with Crippen LogP contribution in [0.3, 0.4) is 0 Å². The Balaban J connectivity index is 1.32. The molecule has 34 heavy (non-hydrogen) atoms. The first-order valence-corrected chi connectivity index (χ1v) is 12.8. The SMILES string of the molecule is C[C@H]1CCN(CCOc2ccc([C@@H]3Oc4ccc(O)cc4S[C@@H]3c3ccc(O)cc3)cc2)[C@H]1C. The molecule has 0 saturated carbocycles. The summed E-state index contributed by atoms with van der Waals surface area (Å²) in [4.78, 5) is 3.41. The average Bonchev–Trinajstić information content (AvgIpc) is 3.16. The van der Waals surface area contributed by atoms with Gasteiger partial charge < -0.3 is 19.7 Å². The van der Waals surface area contributed by atoms with Gasteiger partial charge >= 0.3 is 0 Å². The van der Waals surface area contributed by atoms with Crippen molar-refractivity contribution in [1.82, 2.24) is 4.90 Å². The quantitative estimate of drug-likeness (QED) is 0.442. The first-order chi connectivity index (χ1) is 16.5. The van der Waals surface area contributed by atoms with Gasteiger partial charge in [0.1, 0.15) is 35.7 Å². The molecular weight excluding hydrogens is 446 g/mol. The Morgan fingerprint density at radius 1 is 0.941 bits per heavy atom. The summed E-state index contributed by atoms with van der Waals surface area (Å²) < 4.78 is 12.5. The van der Waals surface area contributed by atoms with Crippen LogP contribution in [0.1, 0.15) is 42.7 Å². The highest BCUT2D eigenvalue weighted by Crippen LogP contribution is 2.54. The van der Waals surface area contributed by atoms with E-state index < -0.39 is 0 Å². The van der Waals surface area contributed by atoms with Gasteiger partial charge in [0.2, 0.25) is 0 Å². The van der Waals surface area contributed by atoms with Crippen molar-refractivity contribution < 1.29 is 19.7 Å². The molecule has 0 unspecified atom stereocenters. The summed E-state index contributed by atoms with van der Waals surface area (Å²) in [5.74, 6) is 2.83. The maximum absolute atomic E-state index is 9.94. The predicted octanol–water partition coefficient (Wildman–Crippen LogP) is 6.17. The summed E-state index contributed by atoms with van der Waals surface area (Å²) in [7, 11) is 0. The van der Waals surface area contributed by atoms with Crippen LogP contribution in [0.4, 0.5) is 0 Å². The fourth-order valence-corrected chi connectivity index (χ4v) is 6.08. The number of fused-ring (bicyclic) bond motifs is 1. The van der Waals surface area contributed by atoms with Crippen molar-refractivity contribution in [2.45, 2.75) is 42.6 Å². The van der Waals surface area contributed by atoms with Crippen molar-refractivity contribution in [2.75, 3.05) is 19.7 Å². The van der Waals surface area contributed by atoms with Crippen LogP contribution in [0, 0.1) is 5.92 Å². The molecule has 2 aliphatic rings. The summed E-state index contributed by atoms with van der Waals surface area (Å²) in [6.07, 6.45) is 1.05. The zero-order chi connectivity index (χ0) is 23.7. The van der Waals surface area contributed by atoms with Gasteiger partial charge in [0, 0.05) is 12.6 Å². The molecule has 5 rings (SSSR count). The van der Waals surface area contributed by atoms with E-state index in [4.69, 9.17) is 9.47 Å². The van der Waals surface area contributed by atoms with E-state index in [1.54, 1.807) is 36.0 Å². The Bertz CT molecular complexity index is 1120.